The quantitative estimate of drug-likeness (QED) is 0.0606. The first-order chi connectivity index (χ1) is 32.0. The Labute approximate surface area is 384 Å². The minimum absolute atomic E-state index is 0.811. The van der Waals surface area contributed by atoms with Gasteiger partial charge < -0.3 is 140 Å². The van der Waals surface area contributed by atoms with Gasteiger partial charge in [-0.2, -0.15) is 0 Å². The third kappa shape index (κ3) is 11.8. The van der Waals surface area contributed by atoms with E-state index in [-0.39, 0.29) is 0 Å². The van der Waals surface area contributed by atoms with E-state index in [1.54, 1.807) is 0 Å². The number of rotatable bonds is 18. The van der Waals surface area contributed by atoms with Crippen molar-refractivity contribution in [2.75, 3.05) is 33.0 Å². The molecule has 19 N–H and O–H groups in total. The van der Waals surface area contributed by atoms with Gasteiger partial charge in [0.25, 0.3) is 5.79 Å². The number of nitrogens with one attached hydrogen (secondary N) is 2. The van der Waals surface area contributed by atoms with E-state index in [0.29, 0.717) is 0 Å². The summed E-state index contributed by atoms with van der Waals surface area (Å²) in [6.45, 7) is -3.23. The Kier molecular flexibility index (Phi) is 19.7. The molecule has 31 heteroatoms. The van der Waals surface area contributed by atoms with Gasteiger partial charge in [0.05, 0.1) is 45.2 Å². The fraction of sp³-hybridized carbons (Fsp3) is 0.919. The van der Waals surface area contributed by atoms with E-state index in [0.717, 1.165) is 13.8 Å². The van der Waals surface area contributed by atoms with Gasteiger partial charge in [-0.3, -0.25) is 9.59 Å². The summed E-state index contributed by atoms with van der Waals surface area (Å²) < 4.78 is 50.5. The number of amides is 2. The van der Waals surface area contributed by atoms with E-state index in [1.165, 1.54) is 0 Å². The number of carboxylic acids is 1. The summed E-state index contributed by atoms with van der Waals surface area (Å²) in [5.41, 5.74) is 0. The third-order valence-corrected chi connectivity index (χ3v) is 12.1. The van der Waals surface area contributed by atoms with E-state index >= 15 is 0 Å². The second-order valence-electron chi connectivity index (χ2n) is 16.8. The molecule has 5 fully saturated rings. The first kappa shape index (κ1) is 56.3. The monoisotopic (exact) mass is 998 g/mol. The Bertz CT molecular complexity index is 1660. The fourth-order valence-corrected chi connectivity index (χ4v) is 8.54. The van der Waals surface area contributed by atoms with Crippen molar-refractivity contribution in [1.82, 2.24) is 10.6 Å². The molecule has 0 saturated carbocycles. The molecular formula is C37H62N2O29. The highest BCUT2D eigenvalue weighted by Crippen LogP contribution is 2.39. The number of carbonyl (C=O) groups excluding carboxylic acids is 2. The molecule has 5 aliphatic rings. The highest BCUT2D eigenvalue weighted by atomic mass is 16.8. The lowest BCUT2D eigenvalue weighted by atomic mass is 9.88. The van der Waals surface area contributed by atoms with Crippen LogP contribution in [0.5, 0.6) is 0 Å². The minimum atomic E-state index is -3.17. The van der Waals surface area contributed by atoms with Crippen LogP contribution in [0.2, 0.25) is 0 Å². The van der Waals surface area contributed by atoms with Crippen molar-refractivity contribution in [2.45, 2.75) is 179 Å². The highest BCUT2D eigenvalue weighted by Gasteiger charge is 2.61. The van der Waals surface area contributed by atoms with Crippen LogP contribution in [-0.2, 0) is 57.0 Å². The molecule has 5 aliphatic heterocycles. The Balaban J connectivity index is 1.40. The normalized spacial score (nSPS) is 46.6. The smallest absolute Gasteiger partial charge is 0.364 e. The average Bonchev–Trinajstić information content (AvgIpc) is 3.29. The molecule has 68 heavy (non-hydrogen) atoms. The van der Waals surface area contributed by atoms with Crippen molar-refractivity contribution in [2.24, 2.45) is 0 Å². The number of aliphatic hydroxyl groups is 16. The summed E-state index contributed by atoms with van der Waals surface area (Å²) in [6, 6.07) is -3.47. The summed E-state index contributed by atoms with van der Waals surface area (Å²) in [6.07, 6.45) is -47.0. The number of aliphatic hydroxyl groups excluding tert-OH is 16. The molecule has 0 unspecified atom stereocenters. The van der Waals surface area contributed by atoms with Crippen molar-refractivity contribution < 1.29 is 144 Å². The molecular weight excluding hydrogens is 936 g/mol. The summed E-state index contributed by atoms with van der Waals surface area (Å²) in [4.78, 5) is 37.4. The Hall–Kier alpha value is -2.59. The highest BCUT2D eigenvalue weighted by molar-refractivity contribution is 5.76. The van der Waals surface area contributed by atoms with Gasteiger partial charge in [-0.15, -0.1) is 0 Å². The molecule has 2 amide bonds. The SMILES string of the molecule is CC(=O)N[C@@H]1[C@H](O[C@H]2[C@@H](O)[C@@H](CO)O[C@@H](O[C@H]3[C@H](O)[C@@H](O)[C@H](O)O[C@@H]3CO)[C@@H]2O)O[C@H](CO)[C@@H](O[C@@H]2O[C@H](CO)[C@H](O)[C@H](O[C@]3(C(=O)O)C[C@H](O)[C@@H](NC(C)=O)[C@H]([C@H](O)[C@H](O)CO)O3)[C@H]2O)[C@@H]1O. The number of ether oxygens (including phenoxy) is 9. The Morgan fingerprint density at radius 1 is 0.574 bits per heavy atom. The molecule has 0 spiro atoms. The van der Waals surface area contributed by atoms with Crippen LogP contribution in [-0.4, -0.2) is 297 Å². The third-order valence-electron chi connectivity index (χ3n) is 12.1. The first-order valence-electron chi connectivity index (χ1n) is 21.2. The molecule has 0 aromatic heterocycles. The maximum absolute atomic E-state index is 12.9. The summed E-state index contributed by atoms with van der Waals surface area (Å²) in [5.74, 6) is -6.92. The minimum Gasteiger partial charge on any atom is -0.477 e. The average molecular weight is 999 g/mol. The predicted octanol–water partition coefficient (Wildman–Crippen LogP) is -12.4. The molecule has 5 rings (SSSR count). The second-order valence-corrected chi connectivity index (χ2v) is 16.8. The molecule has 0 aliphatic carbocycles. The standard InChI is InChI=1S/C37H62N2O29/c1-9(45)38-17-11(47)3-37(36(58)59,67-29(17)19(49)12(48)4-40)68-31-21(51)14(6-42)62-35(26(31)56)64-27-16(8-44)63-33(18(22(27)52)39-10(2)46)66-30-20(50)13(5-41)61-34(25(30)55)65-28-15(7-43)60-32(57)24(54)23(28)53/h11-35,40-44,47-57H,3-8H2,1-2H3,(H,38,45)(H,39,46)(H,58,59)/t11-,12+,13+,14+,15+,16+,17+,18-,19+,20-,21-,22+,23+,24+,25+,26+,27+,28+,29+,30-,31-,32+,33-,34-,35-,37-/m0/s1. The van der Waals surface area contributed by atoms with Gasteiger partial charge in [0.2, 0.25) is 11.8 Å². The van der Waals surface area contributed by atoms with E-state index in [1.807, 2.05) is 0 Å². The first-order valence-corrected chi connectivity index (χ1v) is 21.2. The van der Waals surface area contributed by atoms with Crippen molar-refractivity contribution in [1.29, 1.82) is 0 Å². The van der Waals surface area contributed by atoms with E-state index in [4.69, 9.17) is 42.6 Å². The zero-order valence-corrected chi connectivity index (χ0v) is 36.2. The van der Waals surface area contributed by atoms with Crippen LogP contribution in [0.3, 0.4) is 0 Å². The summed E-state index contributed by atoms with van der Waals surface area (Å²) in [7, 11) is 0. The largest absolute Gasteiger partial charge is 0.477 e. The maximum atomic E-state index is 12.9. The van der Waals surface area contributed by atoms with Crippen LogP contribution in [0.25, 0.3) is 0 Å². The van der Waals surface area contributed by atoms with Crippen LogP contribution in [0.1, 0.15) is 20.3 Å². The zero-order valence-electron chi connectivity index (χ0n) is 36.2. The number of hydrogen-bond acceptors (Lipinski definition) is 28. The Morgan fingerprint density at radius 3 is 1.53 bits per heavy atom. The lowest BCUT2D eigenvalue weighted by molar-refractivity contribution is -0.390. The molecule has 26 atom stereocenters. The zero-order chi connectivity index (χ0) is 50.7. The maximum Gasteiger partial charge on any atom is 0.364 e. The van der Waals surface area contributed by atoms with Gasteiger partial charge in [0.1, 0.15) is 116 Å². The lowest BCUT2D eigenvalue weighted by Gasteiger charge is -2.51. The van der Waals surface area contributed by atoms with Crippen LogP contribution in [0.4, 0.5) is 0 Å². The van der Waals surface area contributed by atoms with E-state index < -0.39 is 216 Å². The lowest BCUT2D eigenvalue weighted by Crippen LogP contribution is -2.71. The topological polar surface area (TPSA) is 502 Å². The van der Waals surface area contributed by atoms with Gasteiger partial charge in [0.15, 0.2) is 25.2 Å². The predicted molar refractivity (Wildman–Crippen MR) is 207 cm³/mol. The molecule has 0 aromatic rings. The number of hydrogen-bond donors (Lipinski definition) is 19. The number of carboxylic acid groups (broad SMARTS) is 1. The molecule has 5 heterocycles. The van der Waals surface area contributed by atoms with Gasteiger partial charge >= 0.3 is 5.97 Å². The van der Waals surface area contributed by atoms with Gasteiger partial charge in [0, 0.05) is 20.3 Å². The van der Waals surface area contributed by atoms with Gasteiger partial charge in [-0.05, 0) is 0 Å². The van der Waals surface area contributed by atoms with E-state index in [2.05, 4.69) is 10.6 Å². The van der Waals surface area contributed by atoms with Crippen LogP contribution in [0.15, 0.2) is 0 Å². The molecule has 5 saturated heterocycles. The molecule has 0 bridgehead atoms. The summed E-state index contributed by atoms with van der Waals surface area (Å²) in [5, 5.41) is 185. The molecule has 394 valence electrons. The second kappa shape index (κ2) is 23.8. The fourth-order valence-electron chi connectivity index (χ4n) is 8.54. The van der Waals surface area contributed by atoms with Gasteiger partial charge in [-0.25, -0.2) is 4.79 Å². The van der Waals surface area contributed by atoms with E-state index in [9.17, 15) is 101 Å². The van der Waals surface area contributed by atoms with Crippen LogP contribution >= 0.6 is 0 Å². The van der Waals surface area contributed by atoms with Crippen molar-refractivity contribution >= 4 is 17.8 Å². The van der Waals surface area contributed by atoms with Crippen molar-refractivity contribution in [3.8, 4) is 0 Å². The van der Waals surface area contributed by atoms with Crippen molar-refractivity contribution in [3.05, 3.63) is 0 Å². The van der Waals surface area contributed by atoms with Crippen LogP contribution < -0.4 is 10.6 Å². The van der Waals surface area contributed by atoms with Crippen molar-refractivity contribution in [3.63, 3.8) is 0 Å². The molecule has 0 aromatic carbocycles. The Morgan fingerprint density at radius 2 is 1.03 bits per heavy atom. The van der Waals surface area contributed by atoms with Gasteiger partial charge in [-0.1, -0.05) is 0 Å². The molecule has 0 radical (unpaired) electrons. The summed E-state index contributed by atoms with van der Waals surface area (Å²) >= 11 is 0. The number of aliphatic carboxylic acids is 1. The molecule has 31 nitrogen and oxygen atoms in total. The number of carbonyl (C=O) groups is 3. The van der Waals surface area contributed by atoms with Crippen LogP contribution in [0, 0.1) is 0 Å².